The lowest BCUT2D eigenvalue weighted by atomic mass is 9.94. The fourth-order valence-corrected chi connectivity index (χ4v) is 2.18. The van der Waals surface area contributed by atoms with Crippen LogP contribution in [0.3, 0.4) is 0 Å². The Morgan fingerprint density at radius 2 is 1.83 bits per heavy atom. The lowest BCUT2D eigenvalue weighted by Crippen LogP contribution is -2.35. The summed E-state index contributed by atoms with van der Waals surface area (Å²) in [6.07, 6.45) is 0.664. The van der Waals surface area contributed by atoms with Gasteiger partial charge in [0, 0.05) is 18.1 Å². The molecule has 0 saturated carbocycles. The average molecular weight is 269 g/mol. The fourth-order valence-electron chi connectivity index (χ4n) is 2.05. The number of rotatable bonds is 6. The third kappa shape index (κ3) is 3.72. The van der Waals surface area contributed by atoms with E-state index in [1.807, 2.05) is 43.0 Å². The third-order valence-electron chi connectivity index (χ3n) is 3.10. The Morgan fingerprint density at radius 1 is 1.28 bits per heavy atom. The topological polar surface area (TPSA) is 46.3 Å². The summed E-state index contributed by atoms with van der Waals surface area (Å²) in [5.74, 6) is -0.0139. The van der Waals surface area contributed by atoms with E-state index in [0.29, 0.717) is 18.0 Å². The van der Waals surface area contributed by atoms with Crippen LogP contribution in [0, 0.1) is 0 Å². The van der Waals surface area contributed by atoms with Crippen molar-refractivity contribution in [3.8, 4) is 0 Å². The van der Waals surface area contributed by atoms with Crippen molar-refractivity contribution in [2.24, 2.45) is 5.73 Å². The smallest absolute Gasteiger partial charge is 0.230 e. The van der Waals surface area contributed by atoms with E-state index in [1.54, 1.807) is 0 Å². The molecule has 0 spiro atoms. The minimum atomic E-state index is -0.160. The molecule has 1 aromatic carbocycles. The number of benzene rings is 1. The Hall–Kier alpha value is -1.06. The fraction of sp³-hybridized carbons (Fsp3) is 0.500. The highest BCUT2D eigenvalue weighted by molar-refractivity contribution is 6.30. The number of carbonyl (C=O) groups is 1. The zero-order valence-electron chi connectivity index (χ0n) is 11.0. The van der Waals surface area contributed by atoms with Crippen molar-refractivity contribution in [2.75, 3.05) is 19.6 Å². The molecule has 18 heavy (non-hydrogen) atoms. The van der Waals surface area contributed by atoms with Gasteiger partial charge in [-0.1, -0.05) is 23.7 Å². The van der Waals surface area contributed by atoms with Crippen LogP contribution in [-0.2, 0) is 4.79 Å². The van der Waals surface area contributed by atoms with Gasteiger partial charge in [0.25, 0.3) is 0 Å². The van der Waals surface area contributed by atoms with Crippen molar-refractivity contribution in [2.45, 2.75) is 26.2 Å². The molecule has 100 valence electrons. The molecule has 1 aromatic rings. The second kappa shape index (κ2) is 7.39. The van der Waals surface area contributed by atoms with Crippen molar-refractivity contribution >= 4 is 17.5 Å². The van der Waals surface area contributed by atoms with Crippen LogP contribution in [-0.4, -0.2) is 30.4 Å². The Balaban J connectivity index is 2.94. The lowest BCUT2D eigenvalue weighted by molar-refractivity contribution is -0.132. The summed E-state index contributed by atoms with van der Waals surface area (Å²) in [4.78, 5) is 14.3. The second-order valence-corrected chi connectivity index (χ2v) is 4.63. The molecule has 0 aliphatic carbocycles. The highest BCUT2D eigenvalue weighted by Crippen LogP contribution is 2.23. The molecule has 2 N–H and O–H groups in total. The standard InChI is InChI=1S/C14H21ClN2O/c1-3-17(4-2)14(18)13(9-10-16)11-5-7-12(15)8-6-11/h5-8,13H,3-4,9-10,16H2,1-2H3. The number of carbonyl (C=O) groups excluding carboxylic acids is 1. The molecule has 0 aliphatic heterocycles. The molecule has 0 heterocycles. The number of hydrogen-bond acceptors (Lipinski definition) is 2. The second-order valence-electron chi connectivity index (χ2n) is 4.19. The molecule has 3 nitrogen and oxygen atoms in total. The van der Waals surface area contributed by atoms with Crippen molar-refractivity contribution in [1.29, 1.82) is 0 Å². The van der Waals surface area contributed by atoms with E-state index in [1.165, 1.54) is 0 Å². The van der Waals surface area contributed by atoms with Crippen molar-refractivity contribution < 1.29 is 4.79 Å². The normalized spacial score (nSPS) is 12.2. The molecule has 1 atom stereocenters. The molecule has 0 radical (unpaired) electrons. The molecule has 1 unspecified atom stereocenters. The number of halogens is 1. The largest absolute Gasteiger partial charge is 0.343 e. The summed E-state index contributed by atoms with van der Waals surface area (Å²) >= 11 is 5.87. The van der Waals surface area contributed by atoms with Gasteiger partial charge in [0.2, 0.25) is 5.91 Å². The van der Waals surface area contributed by atoms with E-state index in [2.05, 4.69) is 0 Å². The Bertz CT molecular complexity index is 374. The first-order valence-electron chi connectivity index (χ1n) is 6.38. The predicted molar refractivity (Wildman–Crippen MR) is 75.8 cm³/mol. The van der Waals surface area contributed by atoms with Crippen LogP contribution in [0.4, 0.5) is 0 Å². The molecule has 0 fully saturated rings. The highest BCUT2D eigenvalue weighted by atomic mass is 35.5. The average Bonchev–Trinajstić information content (AvgIpc) is 2.38. The van der Waals surface area contributed by atoms with E-state index in [-0.39, 0.29) is 11.8 Å². The van der Waals surface area contributed by atoms with Crippen molar-refractivity contribution in [3.05, 3.63) is 34.9 Å². The van der Waals surface area contributed by atoms with Gasteiger partial charge in [-0.3, -0.25) is 4.79 Å². The maximum atomic E-state index is 12.4. The van der Waals surface area contributed by atoms with Gasteiger partial charge < -0.3 is 10.6 Å². The number of amides is 1. The van der Waals surface area contributed by atoms with Crippen LogP contribution in [0.25, 0.3) is 0 Å². The molecular formula is C14H21ClN2O. The number of nitrogens with two attached hydrogens (primary N) is 1. The van der Waals surface area contributed by atoms with Crippen LogP contribution in [0.15, 0.2) is 24.3 Å². The van der Waals surface area contributed by atoms with Crippen molar-refractivity contribution in [3.63, 3.8) is 0 Å². The zero-order chi connectivity index (χ0) is 13.5. The van der Waals surface area contributed by atoms with E-state index in [4.69, 9.17) is 17.3 Å². The van der Waals surface area contributed by atoms with E-state index in [0.717, 1.165) is 18.7 Å². The van der Waals surface area contributed by atoms with Crippen LogP contribution in [0.2, 0.25) is 5.02 Å². The first-order chi connectivity index (χ1) is 8.63. The minimum absolute atomic E-state index is 0.146. The van der Waals surface area contributed by atoms with E-state index in [9.17, 15) is 4.79 Å². The summed E-state index contributed by atoms with van der Waals surface area (Å²) in [6, 6.07) is 7.44. The summed E-state index contributed by atoms with van der Waals surface area (Å²) in [5, 5.41) is 0.681. The first-order valence-corrected chi connectivity index (χ1v) is 6.76. The minimum Gasteiger partial charge on any atom is -0.343 e. The van der Waals surface area contributed by atoms with Crippen LogP contribution >= 0.6 is 11.6 Å². The highest BCUT2D eigenvalue weighted by Gasteiger charge is 2.23. The lowest BCUT2D eigenvalue weighted by Gasteiger charge is -2.25. The molecule has 4 heteroatoms. The summed E-state index contributed by atoms with van der Waals surface area (Å²) in [6.45, 7) is 5.93. The van der Waals surface area contributed by atoms with E-state index < -0.39 is 0 Å². The molecule has 0 saturated heterocycles. The Kier molecular flexibility index (Phi) is 6.16. The molecule has 1 amide bonds. The maximum absolute atomic E-state index is 12.4. The predicted octanol–water partition coefficient (Wildman–Crippen LogP) is 2.64. The summed E-state index contributed by atoms with van der Waals surface area (Å²) in [5.41, 5.74) is 6.61. The number of likely N-dealkylation sites (N-methyl/N-ethyl adjacent to an activating group) is 1. The first kappa shape index (κ1) is 15.0. The van der Waals surface area contributed by atoms with Crippen LogP contribution in [0.5, 0.6) is 0 Å². The van der Waals surface area contributed by atoms with E-state index >= 15 is 0 Å². The number of nitrogens with zero attached hydrogens (tertiary/aromatic N) is 1. The Morgan fingerprint density at radius 3 is 2.28 bits per heavy atom. The molecule has 0 aromatic heterocycles. The summed E-state index contributed by atoms with van der Waals surface area (Å²) in [7, 11) is 0. The van der Waals surface area contributed by atoms with Crippen LogP contribution in [0.1, 0.15) is 31.7 Å². The monoisotopic (exact) mass is 268 g/mol. The van der Waals surface area contributed by atoms with Crippen LogP contribution < -0.4 is 5.73 Å². The number of hydrogen-bond donors (Lipinski definition) is 1. The van der Waals surface area contributed by atoms with Gasteiger partial charge in [-0.2, -0.15) is 0 Å². The van der Waals surface area contributed by atoms with Gasteiger partial charge >= 0.3 is 0 Å². The van der Waals surface area contributed by atoms with Gasteiger partial charge in [0.15, 0.2) is 0 Å². The van der Waals surface area contributed by atoms with Gasteiger partial charge in [0.1, 0.15) is 0 Å². The molecule has 0 aliphatic rings. The van der Waals surface area contributed by atoms with Gasteiger partial charge in [0.05, 0.1) is 5.92 Å². The van der Waals surface area contributed by atoms with Gasteiger partial charge in [-0.05, 0) is 44.5 Å². The summed E-state index contributed by atoms with van der Waals surface area (Å²) < 4.78 is 0. The molecular weight excluding hydrogens is 248 g/mol. The maximum Gasteiger partial charge on any atom is 0.230 e. The quantitative estimate of drug-likeness (QED) is 0.862. The van der Waals surface area contributed by atoms with Crippen molar-refractivity contribution in [1.82, 2.24) is 4.90 Å². The van der Waals surface area contributed by atoms with Gasteiger partial charge in [-0.15, -0.1) is 0 Å². The molecule has 0 bridgehead atoms. The van der Waals surface area contributed by atoms with Gasteiger partial charge in [-0.25, -0.2) is 0 Å². The Labute approximate surface area is 114 Å². The third-order valence-corrected chi connectivity index (χ3v) is 3.35. The molecule has 1 rings (SSSR count). The SMILES string of the molecule is CCN(CC)C(=O)C(CCN)c1ccc(Cl)cc1. The zero-order valence-corrected chi connectivity index (χ0v) is 11.8.